The summed E-state index contributed by atoms with van der Waals surface area (Å²) < 4.78 is 0. The van der Waals surface area contributed by atoms with Crippen molar-refractivity contribution in [2.75, 3.05) is 26.2 Å². The molecule has 7 N–H and O–H groups in total. The third kappa shape index (κ3) is 1170. The number of aliphatic carboxylic acids is 5. The molecule has 30 heavy (non-hydrogen) atoms. The van der Waals surface area contributed by atoms with Crippen LogP contribution >= 0.6 is 0 Å². The average Bonchev–Trinajstić information content (AvgIpc) is 2.35. The first-order valence-corrected chi connectivity index (χ1v) is 7.10. The van der Waals surface area contributed by atoms with Gasteiger partial charge in [-0.25, -0.2) is 0 Å². The summed E-state index contributed by atoms with van der Waals surface area (Å²) in [6.45, 7) is 8.22. The minimum Gasteiger partial charge on any atom is -0.550 e. The number of hydrogen-bond acceptors (Lipinski definition) is 11. The van der Waals surface area contributed by atoms with E-state index in [0.717, 1.165) is 47.7 Å². The zero-order valence-electron chi connectivity index (χ0n) is 19.1. The summed E-state index contributed by atoms with van der Waals surface area (Å²) in [5.41, 5.74) is 10.3. The summed E-state index contributed by atoms with van der Waals surface area (Å²) in [6, 6.07) is 0. The van der Waals surface area contributed by atoms with Crippen molar-refractivity contribution in [3.63, 3.8) is 0 Å². The Morgan fingerprint density at radius 1 is 0.633 bits per heavy atom. The van der Waals surface area contributed by atoms with E-state index in [9.17, 15) is 0 Å². The van der Waals surface area contributed by atoms with Crippen LogP contribution in [0.25, 0.3) is 0 Å². The molecule has 13 nitrogen and oxygen atoms in total. The van der Waals surface area contributed by atoms with Crippen LogP contribution in [0.3, 0.4) is 0 Å². The van der Waals surface area contributed by atoms with Gasteiger partial charge in [-0.2, -0.15) is 0 Å². The van der Waals surface area contributed by atoms with Crippen LogP contribution in [0.4, 0.5) is 0 Å². The van der Waals surface area contributed by atoms with Crippen molar-refractivity contribution in [3.05, 3.63) is 0 Å². The van der Waals surface area contributed by atoms with Gasteiger partial charge in [0.15, 0.2) is 0 Å². The molecule has 0 aromatic rings. The van der Waals surface area contributed by atoms with Crippen LogP contribution in [0.5, 0.6) is 0 Å². The molecule has 0 aliphatic carbocycles. The fourth-order valence-corrected chi connectivity index (χ4v) is 0.329. The number of carboxylic acids is 5. The fourth-order valence-electron chi connectivity index (χ4n) is 0.329. The summed E-state index contributed by atoms with van der Waals surface area (Å²) in [5.74, 6) is -4.92. The molecule has 0 rings (SSSR count). The summed E-state index contributed by atoms with van der Waals surface area (Å²) in [7, 11) is 0. The van der Waals surface area contributed by atoms with E-state index in [-0.39, 0.29) is 88.7 Å². The predicted molar refractivity (Wildman–Crippen MR) is 89.6 cm³/mol. The molecule has 0 aromatic carbocycles. The Labute approximate surface area is 243 Å². The second kappa shape index (κ2) is 56.9. The molecule has 0 aliphatic heterocycles. The molecular weight excluding hydrogens is 439 g/mol. The van der Waals surface area contributed by atoms with E-state index in [1.807, 2.05) is 0 Å². The molecule has 0 spiro atoms. The van der Waals surface area contributed by atoms with E-state index in [2.05, 4.69) is 5.32 Å². The third-order valence-corrected chi connectivity index (χ3v) is 0.642. The minimum atomic E-state index is -1.08. The maximum atomic E-state index is 9.00. The Balaban J connectivity index is -0.0000000251. The summed E-state index contributed by atoms with van der Waals surface area (Å²) >= 11 is 0. The van der Waals surface area contributed by atoms with Crippen molar-refractivity contribution in [1.29, 1.82) is 0 Å². The number of nitrogens with one attached hydrogen (secondary N) is 1. The van der Waals surface area contributed by atoms with Crippen LogP contribution in [-0.4, -0.2) is 66.2 Å². The van der Waals surface area contributed by atoms with Gasteiger partial charge in [0.25, 0.3) is 11.9 Å². The number of carbonyl (C=O) groups excluding carboxylic acids is 3. The Hall–Kier alpha value is 0.230. The molecule has 0 aliphatic rings. The largest absolute Gasteiger partial charge is 1.00 e. The minimum absolute atomic E-state index is 0. The monoisotopic (exact) mass is 469 g/mol. The van der Waals surface area contributed by atoms with Gasteiger partial charge < -0.3 is 56.7 Å². The number of hydrogen-bond donors (Lipinski definition) is 5. The van der Waals surface area contributed by atoms with Gasteiger partial charge in [0.1, 0.15) is 0 Å². The normalized spacial score (nSPS) is 6.37. The van der Waals surface area contributed by atoms with Crippen LogP contribution in [0.2, 0.25) is 0 Å². The Bertz CT molecular complexity index is 297. The van der Waals surface area contributed by atoms with Crippen LogP contribution in [0.15, 0.2) is 0 Å². The van der Waals surface area contributed by atoms with Crippen molar-refractivity contribution >= 4 is 29.8 Å². The summed E-state index contributed by atoms with van der Waals surface area (Å²) in [4.78, 5) is 44.7. The van der Waals surface area contributed by atoms with E-state index in [0.29, 0.717) is 13.1 Å². The van der Waals surface area contributed by atoms with Gasteiger partial charge in [0.05, 0.1) is 0 Å². The number of nitrogens with two attached hydrogens (primary N) is 2. The second-order valence-corrected chi connectivity index (χ2v) is 3.84. The molecule has 164 valence electrons. The average molecular weight is 469 g/mol. The molecule has 16 heteroatoms. The number of carboxylic acid groups (broad SMARTS) is 5. The molecule has 0 aromatic heterocycles. The standard InChI is InChI=1S/C4H13N3.5C2H4O2.3Na/c5-1-3-7-4-2-6;5*1-2(3)4;;;/h7H,1-6H2;5*1H3,(H,3,4);;;/q;;;;;;3*+1/p-3. The maximum absolute atomic E-state index is 9.00. The first kappa shape index (κ1) is 57.3. The fraction of sp³-hybridized carbons (Fsp3) is 0.643. The van der Waals surface area contributed by atoms with Gasteiger partial charge in [0, 0.05) is 57.9 Å². The van der Waals surface area contributed by atoms with Crippen molar-refractivity contribution in [2.24, 2.45) is 11.5 Å². The quantitative estimate of drug-likeness (QED) is 0.189. The number of rotatable bonds is 4. The molecule has 0 fully saturated rings. The first-order valence-electron chi connectivity index (χ1n) is 7.10. The molecule has 0 radical (unpaired) electrons. The van der Waals surface area contributed by atoms with Crippen LogP contribution in [0, 0.1) is 0 Å². The zero-order chi connectivity index (χ0) is 23.4. The van der Waals surface area contributed by atoms with Gasteiger partial charge in [-0.05, 0) is 20.8 Å². The Morgan fingerprint density at radius 2 is 0.733 bits per heavy atom. The molecular formula is C14H30N3Na3O10. The van der Waals surface area contributed by atoms with Crippen LogP contribution in [0.1, 0.15) is 34.6 Å². The molecule has 0 atom stereocenters. The topological polar surface area (TPSA) is 259 Å². The maximum Gasteiger partial charge on any atom is 1.00 e. The molecule has 0 saturated carbocycles. The van der Waals surface area contributed by atoms with Gasteiger partial charge in [-0.3, -0.25) is 9.59 Å². The van der Waals surface area contributed by atoms with E-state index in [1.54, 1.807) is 0 Å². The molecule has 0 unspecified atom stereocenters. The Kier molecular flexibility index (Phi) is 109. The smallest absolute Gasteiger partial charge is 0.550 e. The van der Waals surface area contributed by atoms with Crippen molar-refractivity contribution in [2.45, 2.75) is 34.6 Å². The van der Waals surface area contributed by atoms with Gasteiger partial charge in [-0.15, -0.1) is 0 Å². The van der Waals surface area contributed by atoms with Crippen molar-refractivity contribution in [3.8, 4) is 0 Å². The van der Waals surface area contributed by atoms with E-state index in [1.165, 1.54) is 0 Å². The van der Waals surface area contributed by atoms with Crippen molar-refractivity contribution < 1.29 is 138 Å². The summed E-state index contributed by atoms with van der Waals surface area (Å²) in [5, 5.41) is 44.5. The SMILES string of the molecule is CC(=O)O.CC(=O)O.CC(=O)[O-].CC(=O)[O-].CC(=O)[O-].NCCNCCN.[Na+].[Na+].[Na+]. The predicted octanol–water partition coefficient (Wildman–Crippen LogP) is -14.0. The molecule has 0 heterocycles. The third-order valence-electron chi connectivity index (χ3n) is 0.642. The summed E-state index contributed by atoms with van der Waals surface area (Å²) in [6.07, 6.45) is 0. The van der Waals surface area contributed by atoms with E-state index < -0.39 is 29.8 Å². The van der Waals surface area contributed by atoms with Crippen LogP contribution in [-0.2, 0) is 24.0 Å². The van der Waals surface area contributed by atoms with E-state index in [4.69, 9.17) is 61.0 Å². The molecule has 0 amide bonds. The first-order chi connectivity index (χ1) is 12.1. The van der Waals surface area contributed by atoms with E-state index >= 15 is 0 Å². The molecule has 0 saturated heterocycles. The zero-order valence-corrected chi connectivity index (χ0v) is 25.1. The van der Waals surface area contributed by atoms with Crippen LogP contribution < -0.4 is 121 Å². The molecule has 0 bridgehead atoms. The van der Waals surface area contributed by atoms with Crippen molar-refractivity contribution in [1.82, 2.24) is 5.32 Å². The van der Waals surface area contributed by atoms with Gasteiger partial charge >= 0.3 is 88.7 Å². The van der Waals surface area contributed by atoms with Gasteiger partial charge in [-0.1, -0.05) is 0 Å². The second-order valence-electron chi connectivity index (χ2n) is 3.84. The number of carbonyl (C=O) groups is 5. The Morgan fingerprint density at radius 3 is 0.800 bits per heavy atom. The van der Waals surface area contributed by atoms with Gasteiger partial charge in [0.2, 0.25) is 0 Å².